The second-order valence-corrected chi connectivity index (χ2v) is 6.67. The molecule has 0 spiro atoms. The van der Waals surface area contributed by atoms with Crippen LogP contribution >= 0.6 is 23.2 Å². The van der Waals surface area contributed by atoms with E-state index in [0.717, 1.165) is 5.69 Å². The van der Waals surface area contributed by atoms with E-state index in [-0.39, 0.29) is 16.5 Å². The zero-order chi connectivity index (χ0) is 19.6. The summed E-state index contributed by atoms with van der Waals surface area (Å²) in [7, 11) is 0. The molecule has 9 heteroatoms. The number of hydrogen-bond acceptors (Lipinski definition) is 6. The van der Waals surface area contributed by atoms with E-state index in [0.29, 0.717) is 22.2 Å². The zero-order valence-corrected chi connectivity index (χ0v) is 16.1. The first kappa shape index (κ1) is 19.0. The molecule has 2 aromatic rings. The number of aromatic nitrogens is 2. The first-order chi connectivity index (χ1) is 12.9. The van der Waals surface area contributed by atoms with E-state index >= 15 is 0 Å². The van der Waals surface area contributed by atoms with Crippen LogP contribution in [0.25, 0.3) is 0 Å². The van der Waals surface area contributed by atoms with Crippen LogP contribution in [-0.2, 0) is 0 Å². The maximum Gasteiger partial charge on any atom is 0.259 e. The molecule has 1 aromatic carbocycles. The number of amides is 1. The molecule has 1 aromatic heterocycles. The van der Waals surface area contributed by atoms with Crippen molar-refractivity contribution in [3.8, 4) is 0 Å². The summed E-state index contributed by atoms with van der Waals surface area (Å²) < 4.78 is 0. The van der Waals surface area contributed by atoms with Gasteiger partial charge in [-0.05, 0) is 32.1 Å². The van der Waals surface area contributed by atoms with Gasteiger partial charge in [0.2, 0.25) is 0 Å². The van der Waals surface area contributed by atoms with Crippen LogP contribution in [0.4, 0.5) is 5.82 Å². The van der Waals surface area contributed by atoms with Crippen LogP contribution in [0, 0.1) is 12.5 Å². The third-order valence-corrected chi connectivity index (χ3v) is 4.86. The second kappa shape index (κ2) is 7.85. The summed E-state index contributed by atoms with van der Waals surface area (Å²) in [6, 6.07) is 4.39. The fraction of sp³-hybridized carbons (Fsp3) is 0.167. The molecule has 0 fully saturated rings. The molecule has 7 nitrogen and oxygen atoms in total. The standard InChI is InChI=1S/C18H16Cl2N6O/c1-10-8-22-9-15(23-10)24-14-6-7-26(11(2)17(14)25-21)18(27)12-4-3-5-13(19)16(12)20/h3-9,11,21H,1-2H3,(H,23,24). The van der Waals surface area contributed by atoms with Crippen molar-refractivity contribution in [1.29, 1.82) is 5.53 Å². The number of allylic oxidation sites excluding steroid dienone is 1. The number of hydrogen-bond donors (Lipinski definition) is 2. The van der Waals surface area contributed by atoms with Gasteiger partial charge in [-0.3, -0.25) is 9.78 Å². The molecule has 1 aliphatic rings. The van der Waals surface area contributed by atoms with E-state index in [1.165, 1.54) is 4.90 Å². The monoisotopic (exact) mass is 402 g/mol. The number of carbonyl (C=O) groups excluding carboxylic acids is 1. The van der Waals surface area contributed by atoms with Gasteiger partial charge < -0.3 is 10.2 Å². The summed E-state index contributed by atoms with van der Waals surface area (Å²) in [6.45, 7) is 3.60. The molecule has 3 rings (SSSR count). The molecular weight excluding hydrogens is 387 g/mol. The lowest BCUT2D eigenvalue weighted by atomic mass is 10.1. The highest BCUT2D eigenvalue weighted by Gasteiger charge is 2.29. The van der Waals surface area contributed by atoms with Gasteiger partial charge in [-0.25, -0.2) is 10.5 Å². The van der Waals surface area contributed by atoms with Crippen molar-refractivity contribution in [1.82, 2.24) is 14.9 Å². The number of halogens is 2. The number of anilines is 1. The molecule has 0 saturated heterocycles. The number of aryl methyl sites for hydroxylation is 1. The SMILES string of the molecule is Cc1cncc(NC2=C(N=N)C(C)N(C(=O)c3cccc(Cl)c3Cl)C=C2)n1. The van der Waals surface area contributed by atoms with Gasteiger partial charge in [-0.2, -0.15) is 5.11 Å². The number of nitrogens with one attached hydrogen (secondary N) is 2. The second-order valence-electron chi connectivity index (χ2n) is 5.89. The van der Waals surface area contributed by atoms with Crippen molar-refractivity contribution < 1.29 is 4.79 Å². The van der Waals surface area contributed by atoms with Gasteiger partial charge >= 0.3 is 0 Å². The van der Waals surface area contributed by atoms with Gasteiger partial charge in [-0.15, -0.1) is 0 Å². The largest absolute Gasteiger partial charge is 0.337 e. The van der Waals surface area contributed by atoms with Gasteiger partial charge in [0.1, 0.15) is 11.5 Å². The van der Waals surface area contributed by atoms with Crippen LogP contribution in [0.1, 0.15) is 23.0 Å². The van der Waals surface area contributed by atoms with E-state index in [9.17, 15) is 4.79 Å². The van der Waals surface area contributed by atoms with Gasteiger partial charge in [-0.1, -0.05) is 29.3 Å². The normalized spacial score (nSPS) is 16.4. The highest BCUT2D eigenvalue weighted by molar-refractivity contribution is 6.43. The third kappa shape index (κ3) is 3.84. The van der Waals surface area contributed by atoms with E-state index < -0.39 is 6.04 Å². The summed E-state index contributed by atoms with van der Waals surface area (Å²) in [4.78, 5) is 22.8. The van der Waals surface area contributed by atoms with E-state index in [1.54, 1.807) is 49.8 Å². The Kier molecular flexibility index (Phi) is 5.53. The molecule has 0 aliphatic carbocycles. The van der Waals surface area contributed by atoms with Gasteiger partial charge in [0, 0.05) is 12.4 Å². The highest BCUT2D eigenvalue weighted by Crippen LogP contribution is 2.30. The Hall–Kier alpha value is -2.77. The molecule has 1 atom stereocenters. The Morgan fingerprint density at radius 3 is 2.81 bits per heavy atom. The van der Waals surface area contributed by atoms with E-state index in [1.807, 2.05) is 6.92 Å². The maximum absolute atomic E-state index is 12.9. The topological polar surface area (TPSA) is 94.3 Å². The van der Waals surface area contributed by atoms with Crippen molar-refractivity contribution in [3.05, 3.63) is 75.6 Å². The summed E-state index contributed by atoms with van der Waals surface area (Å²) in [5, 5.41) is 7.20. The van der Waals surface area contributed by atoms with Gasteiger partial charge in [0.15, 0.2) is 0 Å². The predicted molar refractivity (Wildman–Crippen MR) is 104 cm³/mol. The molecule has 0 radical (unpaired) electrons. The molecule has 27 heavy (non-hydrogen) atoms. The molecule has 0 saturated carbocycles. The van der Waals surface area contributed by atoms with Crippen molar-refractivity contribution >= 4 is 34.9 Å². The minimum absolute atomic E-state index is 0.192. The lowest BCUT2D eigenvalue weighted by Crippen LogP contribution is -2.38. The summed E-state index contributed by atoms with van der Waals surface area (Å²) >= 11 is 12.2. The summed E-state index contributed by atoms with van der Waals surface area (Å²) in [6.07, 6.45) is 6.49. The van der Waals surface area contributed by atoms with Crippen molar-refractivity contribution in [2.24, 2.45) is 5.11 Å². The number of carbonyl (C=O) groups is 1. The minimum atomic E-state index is -0.490. The van der Waals surface area contributed by atoms with Crippen LogP contribution in [0.3, 0.4) is 0 Å². The first-order valence-electron chi connectivity index (χ1n) is 8.04. The maximum atomic E-state index is 12.9. The van der Waals surface area contributed by atoms with E-state index in [2.05, 4.69) is 20.4 Å². The third-order valence-electron chi connectivity index (χ3n) is 4.05. The number of benzene rings is 1. The fourth-order valence-corrected chi connectivity index (χ4v) is 3.08. The Balaban J connectivity index is 1.90. The Morgan fingerprint density at radius 2 is 2.11 bits per heavy atom. The van der Waals surface area contributed by atoms with E-state index in [4.69, 9.17) is 28.7 Å². The lowest BCUT2D eigenvalue weighted by molar-refractivity contribution is 0.0791. The molecule has 2 N–H and O–H groups in total. The van der Waals surface area contributed by atoms with Crippen molar-refractivity contribution in [2.75, 3.05) is 5.32 Å². The first-order valence-corrected chi connectivity index (χ1v) is 8.80. The molecule has 1 aliphatic heterocycles. The van der Waals surface area contributed by atoms with Crippen LogP contribution in [0.5, 0.6) is 0 Å². The van der Waals surface area contributed by atoms with Crippen molar-refractivity contribution in [3.63, 3.8) is 0 Å². The fourth-order valence-electron chi connectivity index (χ4n) is 2.70. The average molecular weight is 403 g/mol. The number of rotatable bonds is 4. The molecule has 0 bridgehead atoms. The molecule has 138 valence electrons. The highest BCUT2D eigenvalue weighted by atomic mass is 35.5. The summed E-state index contributed by atoms with van der Waals surface area (Å²) in [5.41, 5.74) is 9.54. The summed E-state index contributed by atoms with van der Waals surface area (Å²) in [5.74, 6) is 0.197. The lowest BCUT2D eigenvalue weighted by Gasteiger charge is -2.30. The van der Waals surface area contributed by atoms with Gasteiger partial charge in [0.05, 0.1) is 39.2 Å². The molecule has 1 unspecified atom stereocenters. The van der Waals surface area contributed by atoms with Crippen molar-refractivity contribution in [2.45, 2.75) is 19.9 Å². The molecule has 2 heterocycles. The van der Waals surface area contributed by atoms with Crippen LogP contribution in [0.15, 0.2) is 59.4 Å². The Bertz CT molecular complexity index is 972. The van der Waals surface area contributed by atoms with Gasteiger partial charge in [0.25, 0.3) is 5.91 Å². The van der Waals surface area contributed by atoms with Crippen LogP contribution < -0.4 is 5.32 Å². The number of nitrogens with zero attached hydrogens (tertiary/aromatic N) is 4. The Labute approximate surface area is 166 Å². The minimum Gasteiger partial charge on any atom is -0.337 e. The van der Waals surface area contributed by atoms with Crippen LogP contribution in [0.2, 0.25) is 10.0 Å². The van der Waals surface area contributed by atoms with Crippen LogP contribution in [-0.4, -0.2) is 26.8 Å². The zero-order valence-electron chi connectivity index (χ0n) is 14.6. The quantitative estimate of drug-likeness (QED) is 0.717. The smallest absolute Gasteiger partial charge is 0.259 e. The Morgan fingerprint density at radius 1 is 1.33 bits per heavy atom. The predicted octanol–water partition coefficient (Wildman–Crippen LogP) is 4.80. The average Bonchev–Trinajstić information content (AvgIpc) is 2.64. The molecular formula is C18H16Cl2N6O. The molecule has 1 amide bonds.